The minimum Gasteiger partial charge on any atom is -0.481 e. The molecule has 0 spiro atoms. The van der Waals surface area contributed by atoms with Gasteiger partial charge in [-0.1, -0.05) is 12.1 Å². The molecule has 0 saturated heterocycles. The lowest BCUT2D eigenvalue weighted by molar-refractivity contribution is -0.136. The van der Waals surface area contributed by atoms with Crippen molar-refractivity contribution in [3.63, 3.8) is 0 Å². The molecule has 5 nitrogen and oxygen atoms in total. The van der Waals surface area contributed by atoms with Crippen LogP contribution in [0.25, 0.3) is 11.1 Å². The number of hydrogen-bond donors (Lipinski definition) is 2. The highest BCUT2D eigenvalue weighted by atomic mass is 16.4. The van der Waals surface area contributed by atoms with Crippen LogP contribution in [-0.2, 0) is 11.3 Å². The predicted molar refractivity (Wildman–Crippen MR) is 58.0 cm³/mol. The summed E-state index contributed by atoms with van der Waals surface area (Å²) >= 11 is 0. The average Bonchev–Trinajstić information content (AvgIpc) is 2.66. The van der Waals surface area contributed by atoms with Crippen molar-refractivity contribution in [2.24, 2.45) is 0 Å². The van der Waals surface area contributed by atoms with E-state index in [0.29, 0.717) is 19.0 Å². The molecule has 2 aromatic rings. The number of para-hydroxylation sites is 2. The lowest BCUT2D eigenvalue weighted by atomic mass is 10.3. The summed E-state index contributed by atoms with van der Waals surface area (Å²) in [5, 5.41) is 11.4. The smallest absolute Gasteiger partial charge is 0.304 e. The Bertz CT molecular complexity index is 460. The van der Waals surface area contributed by atoms with Gasteiger partial charge >= 0.3 is 5.97 Å². The van der Waals surface area contributed by atoms with Gasteiger partial charge in [-0.15, -0.1) is 0 Å². The number of carbonyl (C=O) groups is 1. The van der Waals surface area contributed by atoms with Crippen LogP contribution >= 0.6 is 0 Å². The third kappa shape index (κ3) is 2.58. The molecule has 5 heteroatoms. The zero-order valence-corrected chi connectivity index (χ0v) is 8.64. The summed E-state index contributed by atoms with van der Waals surface area (Å²) in [5.74, 6) is -0.239. The van der Waals surface area contributed by atoms with Crippen LogP contribution in [0.1, 0.15) is 12.3 Å². The molecule has 0 saturated carbocycles. The van der Waals surface area contributed by atoms with Gasteiger partial charge in [0.15, 0.2) is 5.58 Å². The normalized spacial score (nSPS) is 10.8. The minimum atomic E-state index is -0.815. The molecular weight excluding hydrogens is 208 g/mol. The van der Waals surface area contributed by atoms with E-state index in [4.69, 9.17) is 9.52 Å². The van der Waals surface area contributed by atoms with Gasteiger partial charge in [0.1, 0.15) is 5.52 Å². The van der Waals surface area contributed by atoms with Crippen molar-refractivity contribution in [1.29, 1.82) is 0 Å². The van der Waals surface area contributed by atoms with E-state index in [2.05, 4.69) is 10.3 Å². The number of oxazole rings is 1. The van der Waals surface area contributed by atoms with Crippen molar-refractivity contribution in [1.82, 2.24) is 10.3 Å². The fraction of sp³-hybridized carbons (Fsp3) is 0.273. The van der Waals surface area contributed by atoms with Crippen molar-refractivity contribution < 1.29 is 14.3 Å². The molecule has 0 aliphatic heterocycles. The first-order valence-electron chi connectivity index (χ1n) is 5.02. The first-order valence-corrected chi connectivity index (χ1v) is 5.02. The number of aromatic nitrogens is 1. The Morgan fingerprint density at radius 2 is 2.25 bits per heavy atom. The van der Waals surface area contributed by atoms with Gasteiger partial charge in [0, 0.05) is 6.54 Å². The van der Waals surface area contributed by atoms with Crippen LogP contribution in [0.3, 0.4) is 0 Å². The zero-order chi connectivity index (χ0) is 11.4. The molecular formula is C11H12N2O3. The second-order valence-corrected chi connectivity index (χ2v) is 3.40. The van der Waals surface area contributed by atoms with E-state index in [1.165, 1.54) is 0 Å². The molecule has 0 atom stereocenters. The van der Waals surface area contributed by atoms with Gasteiger partial charge in [-0.25, -0.2) is 4.98 Å². The number of nitrogens with one attached hydrogen (secondary N) is 1. The molecule has 0 unspecified atom stereocenters. The van der Waals surface area contributed by atoms with Gasteiger partial charge < -0.3 is 14.8 Å². The number of carboxylic acid groups (broad SMARTS) is 1. The number of aliphatic carboxylic acids is 1. The van der Waals surface area contributed by atoms with E-state index < -0.39 is 5.97 Å². The molecule has 0 aliphatic rings. The molecule has 0 aliphatic carbocycles. The maximum Gasteiger partial charge on any atom is 0.304 e. The van der Waals surface area contributed by atoms with Crippen molar-refractivity contribution in [2.45, 2.75) is 13.0 Å². The lowest BCUT2D eigenvalue weighted by Crippen LogP contribution is -2.17. The highest BCUT2D eigenvalue weighted by molar-refractivity contribution is 5.72. The number of benzene rings is 1. The zero-order valence-electron chi connectivity index (χ0n) is 8.64. The number of fused-ring (bicyclic) bond motifs is 1. The number of carboxylic acids is 1. The number of hydrogen-bond acceptors (Lipinski definition) is 4. The van der Waals surface area contributed by atoms with Gasteiger partial charge in [-0.3, -0.25) is 4.79 Å². The molecule has 84 valence electrons. The van der Waals surface area contributed by atoms with Crippen LogP contribution < -0.4 is 5.32 Å². The summed E-state index contributed by atoms with van der Waals surface area (Å²) in [6, 6.07) is 7.50. The molecule has 0 bridgehead atoms. The van der Waals surface area contributed by atoms with Crippen LogP contribution in [0, 0.1) is 0 Å². The Balaban J connectivity index is 1.92. The van der Waals surface area contributed by atoms with Gasteiger partial charge in [0.05, 0.1) is 13.0 Å². The minimum absolute atomic E-state index is 0.0974. The molecule has 1 aromatic heterocycles. The molecule has 1 heterocycles. The van der Waals surface area contributed by atoms with E-state index >= 15 is 0 Å². The number of nitrogens with zero attached hydrogens (tertiary/aromatic N) is 1. The van der Waals surface area contributed by atoms with Crippen molar-refractivity contribution >= 4 is 17.1 Å². The highest BCUT2D eigenvalue weighted by Gasteiger charge is 2.04. The fourth-order valence-corrected chi connectivity index (χ4v) is 1.39. The van der Waals surface area contributed by atoms with E-state index in [9.17, 15) is 4.79 Å². The predicted octanol–water partition coefficient (Wildman–Crippen LogP) is 1.39. The first-order chi connectivity index (χ1) is 7.75. The first kappa shape index (κ1) is 10.6. The summed E-state index contributed by atoms with van der Waals surface area (Å²) in [6.45, 7) is 0.857. The van der Waals surface area contributed by atoms with Crippen LogP contribution in [0.4, 0.5) is 0 Å². The van der Waals surface area contributed by atoms with Gasteiger partial charge in [0.25, 0.3) is 0 Å². The Kier molecular flexibility index (Phi) is 3.16. The molecule has 0 fully saturated rings. The quantitative estimate of drug-likeness (QED) is 0.745. The summed E-state index contributed by atoms with van der Waals surface area (Å²) in [4.78, 5) is 14.5. The molecule has 2 rings (SSSR count). The van der Waals surface area contributed by atoms with Crippen molar-refractivity contribution in [2.75, 3.05) is 6.54 Å². The van der Waals surface area contributed by atoms with Gasteiger partial charge in [-0.2, -0.15) is 0 Å². The van der Waals surface area contributed by atoms with Crippen molar-refractivity contribution in [3.05, 3.63) is 30.2 Å². The Labute approximate surface area is 92.1 Å². The number of rotatable bonds is 5. The molecule has 0 amide bonds. The topological polar surface area (TPSA) is 75.4 Å². The third-order valence-electron chi connectivity index (χ3n) is 2.13. The SMILES string of the molecule is O=C(O)CCNCc1nc2ccccc2o1. The van der Waals surface area contributed by atoms with Crippen LogP contribution in [0.15, 0.2) is 28.7 Å². The Morgan fingerprint density at radius 3 is 3.00 bits per heavy atom. The summed E-state index contributed by atoms with van der Waals surface area (Å²) < 4.78 is 5.45. The Morgan fingerprint density at radius 1 is 1.44 bits per heavy atom. The van der Waals surface area contributed by atoms with E-state index in [-0.39, 0.29) is 6.42 Å². The van der Waals surface area contributed by atoms with Crippen LogP contribution in [0.2, 0.25) is 0 Å². The fourth-order valence-electron chi connectivity index (χ4n) is 1.39. The van der Waals surface area contributed by atoms with Crippen LogP contribution in [-0.4, -0.2) is 22.6 Å². The summed E-state index contributed by atoms with van der Waals surface area (Å²) in [6.07, 6.45) is 0.0974. The lowest BCUT2D eigenvalue weighted by Gasteiger charge is -1.97. The Hall–Kier alpha value is -1.88. The molecule has 16 heavy (non-hydrogen) atoms. The van der Waals surface area contributed by atoms with E-state index in [1.807, 2.05) is 24.3 Å². The highest BCUT2D eigenvalue weighted by Crippen LogP contribution is 2.14. The van der Waals surface area contributed by atoms with E-state index in [1.54, 1.807) is 0 Å². The third-order valence-corrected chi connectivity index (χ3v) is 2.13. The molecule has 0 radical (unpaired) electrons. The standard InChI is InChI=1S/C11H12N2O3/c14-11(15)5-6-12-7-10-13-8-3-1-2-4-9(8)16-10/h1-4,12H,5-7H2,(H,14,15). The van der Waals surface area contributed by atoms with Gasteiger partial charge in [0.2, 0.25) is 5.89 Å². The largest absolute Gasteiger partial charge is 0.481 e. The monoisotopic (exact) mass is 220 g/mol. The molecule has 1 aromatic carbocycles. The van der Waals surface area contributed by atoms with Crippen molar-refractivity contribution in [3.8, 4) is 0 Å². The van der Waals surface area contributed by atoms with E-state index in [0.717, 1.165) is 11.1 Å². The second kappa shape index (κ2) is 4.76. The maximum absolute atomic E-state index is 10.3. The van der Waals surface area contributed by atoms with Gasteiger partial charge in [-0.05, 0) is 12.1 Å². The summed E-state index contributed by atoms with van der Waals surface area (Å²) in [7, 11) is 0. The summed E-state index contributed by atoms with van der Waals surface area (Å²) in [5.41, 5.74) is 1.56. The van der Waals surface area contributed by atoms with Crippen LogP contribution in [0.5, 0.6) is 0 Å². The maximum atomic E-state index is 10.3. The second-order valence-electron chi connectivity index (χ2n) is 3.40. The average molecular weight is 220 g/mol. The molecule has 2 N–H and O–H groups in total.